The van der Waals surface area contributed by atoms with Crippen molar-refractivity contribution in [2.75, 3.05) is 0 Å². The maximum absolute atomic E-state index is 2.47. The van der Waals surface area contributed by atoms with Crippen LogP contribution in [0.2, 0.25) is 0 Å². The molecule has 2 aromatic carbocycles. The number of aryl methyl sites for hydroxylation is 2. The highest BCUT2D eigenvalue weighted by Crippen LogP contribution is 2.77. The molecule has 0 aliphatic heterocycles. The van der Waals surface area contributed by atoms with Gasteiger partial charge in [0.15, 0.2) is 0 Å². The van der Waals surface area contributed by atoms with Crippen molar-refractivity contribution >= 4 is 0 Å². The van der Waals surface area contributed by atoms with Crippen LogP contribution in [0.25, 0.3) is 0 Å². The normalized spacial score (nSPS) is 33.0. The first-order chi connectivity index (χ1) is 8.77. The molecule has 1 saturated carbocycles. The molecule has 0 spiro atoms. The molecule has 18 heavy (non-hydrogen) atoms. The number of rotatable bonds is 0. The average Bonchev–Trinajstić information content (AvgIpc) is 2.92. The molecule has 0 N–H and O–H groups in total. The maximum atomic E-state index is 2.47. The Hall–Kier alpha value is -1.56. The molecular weight excluding hydrogens is 216 g/mol. The van der Waals surface area contributed by atoms with Gasteiger partial charge in [-0.3, -0.25) is 0 Å². The Morgan fingerprint density at radius 2 is 1.33 bits per heavy atom. The van der Waals surface area contributed by atoms with E-state index >= 15 is 0 Å². The number of benzene rings is 2. The molecule has 1 fully saturated rings. The number of hydrogen-bond acceptors (Lipinski definition) is 0. The number of fused-ring (bicyclic) bond motifs is 7. The van der Waals surface area contributed by atoms with E-state index in [4.69, 9.17) is 0 Å². The Morgan fingerprint density at radius 1 is 0.722 bits per heavy atom. The summed E-state index contributed by atoms with van der Waals surface area (Å²) in [5.74, 6) is 3.31. The molecule has 0 heterocycles. The Balaban J connectivity index is 1.81. The van der Waals surface area contributed by atoms with E-state index in [0.717, 1.165) is 17.8 Å². The van der Waals surface area contributed by atoms with Crippen molar-refractivity contribution in [2.45, 2.75) is 31.6 Å². The van der Waals surface area contributed by atoms with Gasteiger partial charge in [-0.2, -0.15) is 0 Å². The van der Waals surface area contributed by atoms with Gasteiger partial charge in [0.2, 0.25) is 0 Å². The first kappa shape index (κ1) is 9.38. The molecule has 0 bridgehead atoms. The lowest BCUT2D eigenvalue weighted by molar-refractivity contribution is 0.750. The third-order valence-corrected chi connectivity index (χ3v) is 5.54. The molecule has 0 unspecified atom stereocenters. The fourth-order valence-corrected chi connectivity index (χ4v) is 4.65. The lowest BCUT2D eigenvalue weighted by Gasteiger charge is -2.13. The van der Waals surface area contributed by atoms with E-state index in [2.05, 4.69) is 50.2 Å². The van der Waals surface area contributed by atoms with Crippen LogP contribution >= 0.6 is 0 Å². The SMILES string of the molecule is Cc1cc2c(cc1C)[C@@H]1[C@@H]3c4ccccc4[C@H]2[C@H]13. The van der Waals surface area contributed by atoms with Crippen molar-refractivity contribution in [3.05, 3.63) is 69.8 Å². The van der Waals surface area contributed by atoms with E-state index in [9.17, 15) is 0 Å². The Labute approximate surface area is 108 Å². The van der Waals surface area contributed by atoms with Crippen molar-refractivity contribution in [3.8, 4) is 0 Å². The maximum Gasteiger partial charge on any atom is 0.0135 e. The minimum absolute atomic E-state index is 0.713. The van der Waals surface area contributed by atoms with Gasteiger partial charge in [0.05, 0.1) is 0 Å². The Kier molecular flexibility index (Phi) is 1.41. The van der Waals surface area contributed by atoms with Gasteiger partial charge in [-0.05, 0) is 65.0 Å². The fraction of sp³-hybridized carbons (Fsp3) is 0.333. The molecule has 3 aliphatic carbocycles. The van der Waals surface area contributed by atoms with Gasteiger partial charge in [0.1, 0.15) is 0 Å². The molecule has 88 valence electrons. The molecular formula is C18H16. The van der Waals surface area contributed by atoms with Crippen molar-refractivity contribution in [3.63, 3.8) is 0 Å². The summed E-state index contributed by atoms with van der Waals surface area (Å²) in [5.41, 5.74) is 9.47. The third-order valence-electron chi connectivity index (χ3n) is 5.54. The molecule has 0 amide bonds. The van der Waals surface area contributed by atoms with Gasteiger partial charge in [-0.1, -0.05) is 36.4 Å². The summed E-state index contributed by atoms with van der Waals surface area (Å²) in [5, 5.41) is 0. The summed E-state index contributed by atoms with van der Waals surface area (Å²) in [7, 11) is 0. The minimum atomic E-state index is 0.713. The largest absolute Gasteiger partial charge is 0.0620 e. The average molecular weight is 232 g/mol. The summed E-state index contributed by atoms with van der Waals surface area (Å²) < 4.78 is 0. The van der Waals surface area contributed by atoms with E-state index in [1.54, 1.807) is 22.3 Å². The lowest BCUT2D eigenvalue weighted by Crippen LogP contribution is -1.98. The lowest BCUT2D eigenvalue weighted by atomic mass is 9.91. The summed E-state index contributed by atoms with van der Waals surface area (Å²) in [6, 6.07) is 14.1. The topological polar surface area (TPSA) is 0 Å². The standard InChI is InChI=1S/C18H16/c1-9-7-13-14(8-10(9)2)17-16-12-6-4-3-5-11(12)15(13)18(16)17/h3-8,15-18H,1-2H3/t15-,16+,17-,18+/m1/s1. The summed E-state index contributed by atoms with van der Waals surface area (Å²) >= 11 is 0. The molecule has 0 nitrogen and oxygen atoms in total. The second kappa shape index (κ2) is 2.71. The molecule has 0 aromatic heterocycles. The smallest absolute Gasteiger partial charge is 0.0135 e. The highest BCUT2D eigenvalue weighted by atomic mass is 14.7. The van der Waals surface area contributed by atoms with Gasteiger partial charge in [0.25, 0.3) is 0 Å². The van der Waals surface area contributed by atoms with E-state index in [0.29, 0.717) is 5.92 Å². The van der Waals surface area contributed by atoms with Crippen LogP contribution in [0, 0.1) is 19.8 Å². The second-order valence-electron chi connectivity index (χ2n) is 6.30. The van der Waals surface area contributed by atoms with Crippen LogP contribution in [-0.4, -0.2) is 0 Å². The molecule has 0 saturated heterocycles. The predicted molar refractivity (Wildman–Crippen MR) is 73.2 cm³/mol. The van der Waals surface area contributed by atoms with E-state index in [1.807, 2.05) is 0 Å². The second-order valence-corrected chi connectivity index (χ2v) is 6.30. The highest BCUT2D eigenvalue weighted by molar-refractivity contribution is 5.65. The van der Waals surface area contributed by atoms with Crippen LogP contribution in [0.15, 0.2) is 36.4 Å². The summed E-state index contributed by atoms with van der Waals surface area (Å²) in [6.07, 6.45) is 0. The highest BCUT2D eigenvalue weighted by Gasteiger charge is 2.66. The van der Waals surface area contributed by atoms with Crippen LogP contribution in [-0.2, 0) is 0 Å². The predicted octanol–water partition coefficient (Wildman–Crippen LogP) is 4.26. The van der Waals surface area contributed by atoms with Gasteiger partial charge in [-0.15, -0.1) is 0 Å². The summed E-state index contributed by atoms with van der Waals surface area (Å²) in [6.45, 7) is 4.50. The summed E-state index contributed by atoms with van der Waals surface area (Å²) in [4.78, 5) is 0. The fourth-order valence-electron chi connectivity index (χ4n) is 4.65. The van der Waals surface area contributed by atoms with E-state index in [1.165, 1.54) is 11.1 Å². The van der Waals surface area contributed by atoms with Crippen molar-refractivity contribution in [1.29, 1.82) is 0 Å². The van der Waals surface area contributed by atoms with E-state index < -0.39 is 0 Å². The molecule has 5 rings (SSSR count). The van der Waals surface area contributed by atoms with Crippen molar-refractivity contribution in [1.82, 2.24) is 0 Å². The van der Waals surface area contributed by atoms with Crippen molar-refractivity contribution in [2.24, 2.45) is 5.92 Å². The Bertz CT molecular complexity index is 695. The number of hydrogen-bond donors (Lipinski definition) is 0. The van der Waals surface area contributed by atoms with E-state index in [-0.39, 0.29) is 0 Å². The third kappa shape index (κ3) is 0.849. The Morgan fingerprint density at radius 3 is 2.11 bits per heavy atom. The van der Waals surface area contributed by atoms with Crippen LogP contribution in [0.5, 0.6) is 0 Å². The first-order valence-corrected chi connectivity index (χ1v) is 6.97. The molecule has 4 atom stereocenters. The monoisotopic (exact) mass is 232 g/mol. The zero-order valence-corrected chi connectivity index (χ0v) is 10.8. The zero-order valence-electron chi connectivity index (χ0n) is 10.8. The minimum Gasteiger partial charge on any atom is -0.0620 e. The van der Waals surface area contributed by atoms with Crippen LogP contribution in [0.3, 0.4) is 0 Å². The molecule has 0 heteroatoms. The van der Waals surface area contributed by atoms with Gasteiger partial charge in [0, 0.05) is 5.92 Å². The zero-order chi connectivity index (χ0) is 12.0. The quantitative estimate of drug-likeness (QED) is 0.636. The van der Waals surface area contributed by atoms with Gasteiger partial charge < -0.3 is 0 Å². The van der Waals surface area contributed by atoms with Crippen LogP contribution < -0.4 is 0 Å². The van der Waals surface area contributed by atoms with Gasteiger partial charge >= 0.3 is 0 Å². The first-order valence-electron chi connectivity index (χ1n) is 6.97. The van der Waals surface area contributed by atoms with Crippen LogP contribution in [0.4, 0.5) is 0 Å². The van der Waals surface area contributed by atoms with Crippen molar-refractivity contribution < 1.29 is 0 Å². The molecule has 2 aromatic rings. The van der Waals surface area contributed by atoms with Gasteiger partial charge in [-0.25, -0.2) is 0 Å². The molecule has 0 radical (unpaired) electrons. The molecule has 3 aliphatic rings. The van der Waals surface area contributed by atoms with Crippen LogP contribution in [0.1, 0.15) is 51.1 Å².